The van der Waals surface area contributed by atoms with Crippen molar-refractivity contribution in [1.29, 1.82) is 0 Å². The molecule has 2 fully saturated rings. The lowest BCUT2D eigenvalue weighted by Gasteiger charge is -2.37. The summed E-state index contributed by atoms with van der Waals surface area (Å²) < 4.78 is 20.3. The van der Waals surface area contributed by atoms with Crippen molar-refractivity contribution in [1.82, 2.24) is 0 Å². The normalized spacial score (nSPS) is 26.2. The number of unbranched alkanes of at least 4 members (excludes halogenated alkanes) is 2. The summed E-state index contributed by atoms with van der Waals surface area (Å²) in [5.41, 5.74) is 4.27. The van der Waals surface area contributed by atoms with Crippen LogP contribution in [0.1, 0.15) is 94.6 Å². The summed E-state index contributed by atoms with van der Waals surface area (Å²) in [6, 6.07) is 14.6. The molecule has 0 atom stereocenters. The monoisotopic (exact) mass is 436 g/mol. The summed E-state index contributed by atoms with van der Waals surface area (Å²) in [6.07, 6.45) is 15.6. The van der Waals surface area contributed by atoms with Crippen molar-refractivity contribution < 1.29 is 9.13 Å². The third-order valence-corrected chi connectivity index (χ3v) is 8.29. The van der Waals surface area contributed by atoms with Gasteiger partial charge in [-0.25, -0.2) is 4.39 Å². The third-order valence-electron chi connectivity index (χ3n) is 8.29. The minimum absolute atomic E-state index is 0.0875. The number of aryl methyl sites for hydroxylation is 1. The van der Waals surface area contributed by atoms with E-state index in [-0.39, 0.29) is 5.82 Å². The van der Waals surface area contributed by atoms with Crippen molar-refractivity contribution in [3.63, 3.8) is 0 Å². The highest BCUT2D eigenvalue weighted by molar-refractivity contribution is 5.65. The van der Waals surface area contributed by atoms with E-state index in [1.807, 2.05) is 13.2 Å². The maximum absolute atomic E-state index is 14.8. The van der Waals surface area contributed by atoms with Gasteiger partial charge in [-0.05, 0) is 105 Å². The van der Waals surface area contributed by atoms with Crippen LogP contribution in [0.25, 0.3) is 11.1 Å². The Kier molecular flexibility index (Phi) is 8.41. The molecule has 2 aromatic carbocycles. The first-order valence-electron chi connectivity index (χ1n) is 13.1. The molecule has 0 spiro atoms. The first-order valence-corrected chi connectivity index (χ1v) is 13.1. The van der Waals surface area contributed by atoms with E-state index in [9.17, 15) is 4.39 Å². The fourth-order valence-corrected chi connectivity index (χ4v) is 6.18. The number of ether oxygens (including phenoxy) is 1. The Morgan fingerprint density at radius 3 is 2.06 bits per heavy atom. The van der Waals surface area contributed by atoms with Crippen molar-refractivity contribution >= 4 is 0 Å². The highest BCUT2D eigenvalue weighted by Gasteiger charge is 2.31. The summed E-state index contributed by atoms with van der Waals surface area (Å²) in [4.78, 5) is 0. The molecule has 0 N–H and O–H groups in total. The van der Waals surface area contributed by atoms with Gasteiger partial charge in [0.1, 0.15) is 5.82 Å². The van der Waals surface area contributed by atoms with Crippen LogP contribution in [0.15, 0.2) is 42.5 Å². The third kappa shape index (κ3) is 5.81. The highest BCUT2D eigenvalue weighted by atomic mass is 19.1. The minimum atomic E-state index is -0.0875. The summed E-state index contributed by atoms with van der Waals surface area (Å²) >= 11 is 0. The fraction of sp³-hybridized carbons (Fsp3) is 0.600. The smallest absolute Gasteiger partial charge is 0.131 e. The quantitative estimate of drug-likeness (QED) is 0.376. The molecule has 2 aromatic rings. The standard InChI is InChI=1S/C30H41FO/c1-3-4-5-6-22-7-20-29(30(31)21-22)27-14-12-25(13-15-27)23-8-10-24(11-9-23)26-16-18-28(32-2)19-17-26/h7,12-15,20-21,23-24,26,28H,3-6,8-11,16-19H2,1-2H3. The van der Waals surface area contributed by atoms with Crippen LogP contribution in [0, 0.1) is 17.7 Å². The lowest BCUT2D eigenvalue weighted by molar-refractivity contribution is 0.0410. The minimum Gasteiger partial charge on any atom is -0.381 e. The molecule has 2 aliphatic carbocycles. The predicted molar refractivity (Wildman–Crippen MR) is 133 cm³/mol. The molecular formula is C30H41FO. The Balaban J connectivity index is 1.31. The molecule has 32 heavy (non-hydrogen) atoms. The summed E-state index contributed by atoms with van der Waals surface area (Å²) in [5, 5.41) is 0. The molecule has 2 saturated carbocycles. The molecule has 4 rings (SSSR count). The van der Waals surface area contributed by atoms with Crippen molar-refractivity contribution in [2.75, 3.05) is 7.11 Å². The van der Waals surface area contributed by atoms with Gasteiger partial charge in [-0.1, -0.05) is 56.2 Å². The second-order valence-electron chi connectivity index (χ2n) is 10.3. The van der Waals surface area contributed by atoms with Gasteiger partial charge in [-0.3, -0.25) is 0 Å². The van der Waals surface area contributed by atoms with Crippen molar-refractivity contribution in [3.8, 4) is 11.1 Å². The highest BCUT2D eigenvalue weighted by Crippen LogP contribution is 2.43. The number of halogens is 1. The first kappa shape index (κ1) is 23.5. The molecule has 0 unspecified atom stereocenters. The Morgan fingerprint density at radius 1 is 0.812 bits per heavy atom. The second-order valence-corrected chi connectivity index (χ2v) is 10.3. The number of hydrogen-bond donors (Lipinski definition) is 0. The molecule has 2 heteroatoms. The van der Waals surface area contributed by atoms with Gasteiger partial charge >= 0.3 is 0 Å². The summed E-state index contributed by atoms with van der Waals surface area (Å²) in [6.45, 7) is 2.20. The average molecular weight is 437 g/mol. The van der Waals surface area contributed by atoms with Crippen LogP contribution >= 0.6 is 0 Å². The molecule has 0 bridgehead atoms. The predicted octanol–water partition coefficient (Wildman–Crippen LogP) is 8.70. The lowest BCUT2D eigenvalue weighted by Crippen LogP contribution is -2.27. The zero-order valence-corrected chi connectivity index (χ0v) is 20.1. The largest absolute Gasteiger partial charge is 0.381 e. The van der Waals surface area contributed by atoms with Crippen LogP contribution in [0.4, 0.5) is 4.39 Å². The van der Waals surface area contributed by atoms with Gasteiger partial charge in [0.05, 0.1) is 6.10 Å². The summed E-state index contributed by atoms with van der Waals surface area (Å²) in [7, 11) is 1.86. The maximum Gasteiger partial charge on any atom is 0.131 e. The Morgan fingerprint density at radius 2 is 1.47 bits per heavy atom. The van der Waals surface area contributed by atoms with E-state index in [1.54, 1.807) is 6.07 Å². The zero-order chi connectivity index (χ0) is 22.3. The zero-order valence-electron chi connectivity index (χ0n) is 20.1. The van der Waals surface area contributed by atoms with Gasteiger partial charge in [0, 0.05) is 12.7 Å². The second kappa shape index (κ2) is 11.5. The molecular weight excluding hydrogens is 395 g/mol. The number of rotatable bonds is 8. The fourth-order valence-electron chi connectivity index (χ4n) is 6.18. The van der Waals surface area contributed by atoms with E-state index in [1.165, 1.54) is 69.8 Å². The Hall–Kier alpha value is -1.67. The number of hydrogen-bond acceptors (Lipinski definition) is 1. The van der Waals surface area contributed by atoms with Gasteiger partial charge in [-0.15, -0.1) is 0 Å². The average Bonchev–Trinajstić information content (AvgIpc) is 2.85. The molecule has 0 heterocycles. The van der Waals surface area contributed by atoms with Crippen molar-refractivity contribution in [2.45, 2.75) is 96.0 Å². The lowest BCUT2D eigenvalue weighted by atomic mass is 9.69. The van der Waals surface area contributed by atoms with Crippen molar-refractivity contribution in [3.05, 3.63) is 59.4 Å². The van der Waals surface area contributed by atoms with Crippen molar-refractivity contribution in [2.24, 2.45) is 11.8 Å². The van der Waals surface area contributed by atoms with E-state index in [0.29, 0.717) is 12.0 Å². The van der Waals surface area contributed by atoms with E-state index in [2.05, 4.69) is 37.3 Å². The van der Waals surface area contributed by atoms with Gasteiger partial charge < -0.3 is 4.74 Å². The molecule has 174 valence electrons. The molecule has 1 nitrogen and oxygen atoms in total. The Bertz CT molecular complexity index is 826. The molecule has 2 aliphatic rings. The van der Waals surface area contributed by atoms with E-state index in [4.69, 9.17) is 4.74 Å². The molecule has 0 aromatic heterocycles. The van der Waals surface area contributed by atoms with Gasteiger partial charge in [0.2, 0.25) is 0 Å². The van der Waals surface area contributed by atoms with Gasteiger partial charge in [-0.2, -0.15) is 0 Å². The molecule has 0 saturated heterocycles. The maximum atomic E-state index is 14.8. The molecule has 0 aliphatic heterocycles. The molecule has 0 radical (unpaired) electrons. The van der Waals surface area contributed by atoms with E-state index < -0.39 is 0 Å². The van der Waals surface area contributed by atoms with Crippen LogP contribution in [-0.4, -0.2) is 13.2 Å². The Labute approximate surface area is 194 Å². The summed E-state index contributed by atoms with van der Waals surface area (Å²) in [5.74, 6) is 2.41. The number of benzene rings is 2. The first-order chi connectivity index (χ1) is 15.7. The van der Waals surface area contributed by atoms with E-state index in [0.717, 1.165) is 41.4 Å². The SMILES string of the molecule is CCCCCc1ccc(-c2ccc(C3CCC(C4CCC(OC)CC4)CC3)cc2)c(F)c1. The molecule has 0 amide bonds. The van der Waals surface area contributed by atoms with Crippen LogP contribution in [0.3, 0.4) is 0 Å². The van der Waals surface area contributed by atoms with Crippen LogP contribution in [-0.2, 0) is 11.2 Å². The van der Waals surface area contributed by atoms with E-state index >= 15 is 0 Å². The topological polar surface area (TPSA) is 9.23 Å². The van der Waals surface area contributed by atoms with Crippen LogP contribution in [0.2, 0.25) is 0 Å². The van der Waals surface area contributed by atoms with Gasteiger partial charge in [0.25, 0.3) is 0 Å². The van der Waals surface area contributed by atoms with Gasteiger partial charge in [0.15, 0.2) is 0 Å². The van der Waals surface area contributed by atoms with Crippen LogP contribution < -0.4 is 0 Å². The van der Waals surface area contributed by atoms with Crippen LogP contribution in [0.5, 0.6) is 0 Å². The number of methoxy groups -OCH3 is 1.